The van der Waals surface area contributed by atoms with Crippen LogP contribution in [0.1, 0.15) is 11.1 Å². The van der Waals surface area contributed by atoms with E-state index in [1.54, 1.807) is 9.80 Å². The van der Waals surface area contributed by atoms with E-state index in [0.29, 0.717) is 37.6 Å². The zero-order valence-corrected chi connectivity index (χ0v) is 15.4. The maximum Gasteiger partial charge on any atom is 0.416 e. The molecule has 1 N–H and O–H groups in total. The lowest BCUT2D eigenvalue weighted by Gasteiger charge is -2.36. The van der Waals surface area contributed by atoms with Crippen LogP contribution < -0.4 is 10.2 Å². The molecule has 0 aliphatic carbocycles. The van der Waals surface area contributed by atoms with Gasteiger partial charge in [-0.2, -0.15) is 13.2 Å². The van der Waals surface area contributed by atoms with Crippen molar-refractivity contribution in [3.63, 3.8) is 0 Å². The molecule has 1 aliphatic heterocycles. The standard InChI is InChI=1S/C19H19ClF3N3O/c1-13-3-2-4-15(11-13)24-18(27)26-9-7-25(8-10-26)17-12-14(19(21,22)23)5-6-16(17)20/h2-6,11-12H,7-10H2,1H3,(H,24,27). The minimum atomic E-state index is -4.42. The van der Waals surface area contributed by atoms with Gasteiger partial charge in [-0.3, -0.25) is 0 Å². The average molecular weight is 398 g/mol. The largest absolute Gasteiger partial charge is 0.416 e. The molecule has 1 fully saturated rings. The molecule has 0 spiro atoms. The second-order valence-corrected chi connectivity index (χ2v) is 6.84. The molecule has 0 bridgehead atoms. The molecule has 0 aromatic heterocycles. The Balaban J connectivity index is 1.64. The van der Waals surface area contributed by atoms with Crippen LogP contribution in [0.4, 0.5) is 29.3 Å². The van der Waals surface area contributed by atoms with Crippen LogP contribution in [0, 0.1) is 6.92 Å². The summed E-state index contributed by atoms with van der Waals surface area (Å²) in [6, 6.07) is 10.5. The van der Waals surface area contributed by atoms with E-state index in [1.807, 2.05) is 31.2 Å². The third kappa shape index (κ3) is 4.66. The number of amides is 2. The van der Waals surface area contributed by atoms with Crippen molar-refractivity contribution < 1.29 is 18.0 Å². The number of anilines is 2. The molecule has 0 saturated carbocycles. The fraction of sp³-hybridized carbons (Fsp3) is 0.316. The maximum atomic E-state index is 12.9. The van der Waals surface area contributed by atoms with Crippen LogP contribution in [0.5, 0.6) is 0 Å². The van der Waals surface area contributed by atoms with Crippen molar-refractivity contribution in [2.75, 3.05) is 36.4 Å². The average Bonchev–Trinajstić information content (AvgIpc) is 2.61. The first-order valence-electron chi connectivity index (χ1n) is 8.48. The fourth-order valence-corrected chi connectivity index (χ4v) is 3.24. The minimum Gasteiger partial charge on any atom is -0.367 e. The van der Waals surface area contributed by atoms with Gasteiger partial charge >= 0.3 is 12.2 Å². The molecule has 1 aliphatic rings. The van der Waals surface area contributed by atoms with E-state index < -0.39 is 11.7 Å². The number of rotatable bonds is 2. The lowest BCUT2D eigenvalue weighted by atomic mass is 10.1. The Kier molecular flexibility index (Phi) is 5.51. The number of benzene rings is 2. The summed E-state index contributed by atoms with van der Waals surface area (Å²) >= 11 is 6.10. The van der Waals surface area contributed by atoms with Crippen LogP contribution in [-0.4, -0.2) is 37.1 Å². The Bertz CT molecular complexity index is 833. The topological polar surface area (TPSA) is 35.6 Å². The fourth-order valence-electron chi connectivity index (χ4n) is 3.01. The Morgan fingerprint density at radius 3 is 2.41 bits per heavy atom. The van der Waals surface area contributed by atoms with Gasteiger partial charge in [-0.15, -0.1) is 0 Å². The number of hydrogen-bond donors (Lipinski definition) is 1. The van der Waals surface area contributed by atoms with Crippen molar-refractivity contribution in [1.29, 1.82) is 0 Å². The number of halogens is 4. The normalized spacial score (nSPS) is 15.0. The highest BCUT2D eigenvalue weighted by atomic mass is 35.5. The smallest absolute Gasteiger partial charge is 0.367 e. The summed E-state index contributed by atoms with van der Waals surface area (Å²) < 4.78 is 38.8. The highest BCUT2D eigenvalue weighted by Gasteiger charge is 2.32. The lowest BCUT2D eigenvalue weighted by molar-refractivity contribution is -0.137. The molecule has 2 aromatic carbocycles. The van der Waals surface area contributed by atoms with Gasteiger partial charge in [0.15, 0.2) is 0 Å². The summed E-state index contributed by atoms with van der Waals surface area (Å²) in [5.41, 5.74) is 1.35. The van der Waals surface area contributed by atoms with E-state index in [1.165, 1.54) is 6.07 Å². The number of carbonyl (C=O) groups excluding carboxylic acids is 1. The molecule has 27 heavy (non-hydrogen) atoms. The SMILES string of the molecule is Cc1cccc(NC(=O)N2CCN(c3cc(C(F)(F)F)ccc3Cl)CC2)c1. The van der Waals surface area contributed by atoms with E-state index in [0.717, 1.165) is 17.7 Å². The summed E-state index contributed by atoms with van der Waals surface area (Å²) in [6.07, 6.45) is -4.42. The van der Waals surface area contributed by atoms with Crippen molar-refractivity contribution >= 4 is 29.0 Å². The molecule has 1 saturated heterocycles. The van der Waals surface area contributed by atoms with E-state index in [9.17, 15) is 18.0 Å². The van der Waals surface area contributed by atoms with Crippen LogP contribution >= 0.6 is 11.6 Å². The number of hydrogen-bond acceptors (Lipinski definition) is 2. The molecule has 2 amide bonds. The van der Waals surface area contributed by atoms with Crippen molar-refractivity contribution in [2.24, 2.45) is 0 Å². The monoisotopic (exact) mass is 397 g/mol. The maximum absolute atomic E-state index is 12.9. The quantitative estimate of drug-likeness (QED) is 0.772. The zero-order chi connectivity index (χ0) is 19.6. The van der Waals surface area contributed by atoms with Crippen LogP contribution in [0.2, 0.25) is 5.02 Å². The van der Waals surface area contributed by atoms with Gasteiger partial charge in [0, 0.05) is 31.9 Å². The number of nitrogens with zero attached hydrogens (tertiary/aromatic N) is 2. The molecule has 2 aromatic rings. The number of carbonyl (C=O) groups is 1. The van der Waals surface area contributed by atoms with Gasteiger partial charge in [-0.25, -0.2) is 4.79 Å². The van der Waals surface area contributed by atoms with Gasteiger partial charge in [0.05, 0.1) is 16.3 Å². The molecule has 0 atom stereocenters. The predicted octanol–water partition coefficient (Wildman–Crippen LogP) is 5.02. The number of urea groups is 1. The van der Waals surface area contributed by atoms with E-state index in [4.69, 9.17) is 11.6 Å². The van der Waals surface area contributed by atoms with Gasteiger partial charge in [0.2, 0.25) is 0 Å². The molecule has 3 rings (SSSR count). The lowest BCUT2D eigenvalue weighted by Crippen LogP contribution is -2.50. The van der Waals surface area contributed by atoms with Gasteiger partial charge in [-0.1, -0.05) is 23.7 Å². The Labute approximate surface area is 160 Å². The summed E-state index contributed by atoms with van der Waals surface area (Å²) in [6.45, 7) is 3.53. The molecule has 0 unspecified atom stereocenters. The van der Waals surface area contributed by atoms with Gasteiger partial charge in [0.25, 0.3) is 0 Å². The van der Waals surface area contributed by atoms with Crippen LogP contribution in [0.25, 0.3) is 0 Å². The van der Waals surface area contributed by atoms with Crippen molar-refractivity contribution in [3.05, 3.63) is 58.6 Å². The zero-order valence-electron chi connectivity index (χ0n) is 14.7. The number of aryl methyl sites for hydroxylation is 1. The highest BCUT2D eigenvalue weighted by Crippen LogP contribution is 2.35. The molecule has 8 heteroatoms. The Morgan fingerprint density at radius 1 is 1.07 bits per heavy atom. The number of nitrogens with one attached hydrogen (secondary N) is 1. The van der Waals surface area contributed by atoms with Crippen LogP contribution in [-0.2, 0) is 6.18 Å². The van der Waals surface area contributed by atoms with E-state index >= 15 is 0 Å². The molecular weight excluding hydrogens is 379 g/mol. The molecule has 144 valence electrons. The van der Waals surface area contributed by atoms with E-state index in [2.05, 4.69) is 5.32 Å². The van der Waals surface area contributed by atoms with Gasteiger partial charge in [0.1, 0.15) is 0 Å². The second kappa shape index (κ2) is 7.68. The second-order valence-electron chi connectivity index (χ2n) is 6.44. The van der Waals surface area contributed by atoms with Gasteiger partial charge in [-0.05, 0) is 42.8 Å². The first kappa shape index (κ1) is 19.4. The van der Waals surface area contributed by atoms with Crippen molar-refractivity contribution in [1.82, 2.24) is 4.90 Å². The van der Waals surface area contributed by atoms with Crippen molar-refractivity contribution in [3.8, 4) is 0 Å². The number of alkyl halides is 3. The predicted molar refractivity (Wildman–Crippen MR) is 100 cm³/mol. The molecule has 1 heterocycles. The molecular formula is C19H19ClF3N3O. The number of piperazine rings is 1. The van der Waals surface area contributed by atoms with Crippen LogP contribution in [0.3, 0.4) is 0 Å². The first-order chi connectivity index (χ1) is 12.7. The third-order valence-corrected chi connectivity index (χ3v) is 4.77. The summed E-state index contributed by atoms with van der Waals surface area (Å²) in [4.78, 5) is 15.8. The van der Waals surface area contributed by atoms with Crippen LogP contribution in [0.15, 0.2) is 42.5 Å². The molecule has 4 nitrogen and oxygen atoms in total. The minimum absolute atomic E-state index is 0.226. The summed E-state index contributed by atoms with van der Waals surface area (Å²) in [5, 5.41) is 3.11. The molecule has 0 radical (unpaired) electrons. The Hall–Kier alpha value is -2.41. The van der Waals surface area contributed by atoms with Crippen molar-refractivity contribution in [2.45, 2.75) is 13.1 Å². The summed E-state index contributed by atoms with van der Waals surface area (Å²) in [7, 11) is 0. The third-order valence-electron chi connectivity index (χ3n) is 4.45. The van der Waals surface area contributed by atoms with Gasteiger partial charge < -0.3 is 15.1 Å². The Morgan fingerprint density at radius 2 is 1.78 bits per heavy atom. The first-order valence-corrected chi connectivity index (χ1v) is 8.86. The summed E-state index contributed by atoms with van der Waals surface area (Å²) in [5.74, 6) is 0. The highest BCUT2D eigenvalue weighted by molar-refractivity contribution is 6.33. The van der Waals surface area contributed by atoms with E-state index in [-0.39, 0.29) is 11.1 Å².